The van der Waals surface area contributed by atoms with E-state index in [0.717, 1.165) is 25.7 Å². The number of fused-ring (bicyclic) bond motifs is 7. The van der Waals surface area contributed by atoms with Gasteiger partial charge in [0.15, 0.2) is 0 Å². The molecule has 57 heavy (non-hydrogen) atoms. The first-order chi connectivity index (χ1) is 28.2. The van der Waals surface area contributed by atoms with Crippen molar-refractivity contribution in [2.45, 2.75) is 76.0 Å². The fourth-order valence-corrected chi connectivity index (χ4v) is 12.1. The van der Waals surface area contributed by atoms with Gasteiger partial charge in [0.25, 0.3) is 0 Å². The first-order valence-electron chi connectivity index (χ1n) is 21.1. The van der Waals surface area contributed by atoms with Crippen LogP contribution < -0.4 is 9.80 Å². The second kappa shape index (κ2) is 14.1. The minimum Gasteiger partial charge on any atom is -0.310 e. The zero-order valence-electron chi connectivity index (χ0n) is 32.8. The molecule has 1 saturated carbocycles. The Morgan fingerprint density at radius 2 is 1.07 bits per heavy atom. The van der Waals surface area contributed by atoms with Crippen molar-refractivity contribution in [1.82, 2.24) is 0 Å². The zero-order chi connectivity index (χ0) is 37.9. The van der Waals surface area contributed by atoms with Gasteiger partial charge < -0.3 is 9.80 Å². The molecule has 1 aromatic heterocycles. The Morgan fingerprint density at radius 3 is 1.70 bits per heavy atom. The summed E-state index contributed by atoms with van der Waals surface area (Å²) < 4.78 is 2.71. The molecule has 0 amide bonds. The highest BCUT2D eigenvalue weighted by molar-refractivity contribution is 7.25. The first kappa shape index (κ1) is 34.6. The van der Waals surface area contributed by atoms with Crippen LogP contribution in [0.5, 0.6) is 0 Å². The van der Waals surface area contributed by atoms with Gasteiger partial charge in [0.2, 0.25) is 0 Å². The highest BCUT2D eigenvalue weighted by Crippen LogP contribution is 2.60. The fourth-order valence-electron chi connectivity index (χ4n) is 11.0. The summed E-state index contributed by atoms with van der Waals surface area (Å²) in [7, 11) is 0. The number of para-hydroxylation sites is 2. The summed E-state index contributed by atoms with van der Waals surface area (Å²) in [5.41, 5.74) is 16.2. The molecule has 0 radical (unpaired) electrons. The maximum absolute atomic E-state index is 2.62. The van der Waals surface area contributed by atoms with E-state index in [1.54, 1.807) is 0 Å². The van der Waals surface area contributed by atoms with Crippen molar-refractivity contribution in [3.8, 4) is 0 Å². The number of nitrogens with zero attached hydrogens (tertiary/aromatic N) is 2. The molecule has 0 bridgehead atoms. The normalized spacial score (nSPS) is 17.6. The Balaban J connectivity index is 1.12. The van der Waals surface area contributed by atoms with Gasteiger partial charge in [0, 0.05) is 48.3 Å². The lowest BCUT2D eigenvalue weighted by atomic mass is 9.74. The summed E-state index contributed by atoms with van der Waals surface area (Å²) >= 11 is 1.91. The van der Waals surface area contributed by atoms with Crippen molar-refractivity contribution in [3.63, 3.8) is 0 Å². The van der Waals surface area contributed by atoms with Crippen molar-refractivity contribution < 1.29 is 0 Å². The van der Waals surface area contributed by atoms with Gasteiger partial charge in [0.05, 0.1) is 11.4 Å². The van der Waals surface area contributed by atoms with Crippen molar-refractivity contribution in [1.29, 1.82) is 0 Å². The summed E-state index contributed by atoms with van der Waals surface area (Å²) in [6.07, 6.45) is 11.1. The number of benzene rings is 7. The molecular formula is C54H48N2S. The van der Waals surface area contributed by atoms with Crippen LogP contribution in [-0.4, -0.2) is 0 Å². The molecule has 8 aromatic rings. The number of aryl methyl sites for hydroxylation is 3. The predicted octanol–water partition coefficient (Wildman–Crippen LogP) is 15.5. The Labute approximate surface area is 341 Å². The summed E-state index contributed by atoms with van der Waals surface area (Å²) in [6.45, 7) is 2.26. The summed E-state index contributed by atoms with van der Waals surface area (Å²) in [5, 5.41) is 2.74. The Bertz CT molecular complexity index is 2700. The van der Waals surface area contributed by atoms with E-state index in [0.29, 0.717) is 5.92 Å². The maximum atomic E-state index is 2.62. The Hall–Kier alpha value is -5.64. The van der Waals surface area contributed by atoms with Gasteiger partial charge in [-0.2, -0.15) is 0 Å². The standard InChI is InChI=1S/C54H48N2S/c1-37-14-11-25-50-51(37)46-36-45(30-31-49(46)57-50)56(44-28-26-39(27-29-44)38-15-5-2-6-16-38)48-24-13-18-41-33-35-54(53(41)48)34-32-40-17-12-23-47(52(40)54)55(42-19-7-3-8-20-42)43-21-9-4-10-22-43/h3-4,7-14,17-31,36,38H,2,5-6,15-16,32-35H2,1H3/t54-/m1/s1. The SMILES string of the molecule is Cc1cccc2sc3ccc(N(c4ccc(C5CCCCC5)cc4)c4cccc5c4[C@]4(CCc6cccc(N(c7ccccc7)c7ccccc7)c64)CC5)cc3c12. The van der Waals surface area contributed by atoms with Crippen LogP contribution in [0, 0.1) is 6.92 Å². The highest BCUT2D eigenvalue weighted by Gasteiger charge is 2.49. The van der Waals surface area contributed by atoms with E-state index in [2.05, 4.69) is 174 Å². The average molecular weight is 757 g/mol. The minimum absolute atomic E-state index is 0.115. The first-order valence-corrected chi connectivity index (χ1v) is 21.9. The summed E-state index contributed by atoms with van der Waals surface area (Å²) in [6, 6.07) is 59.9. The molecule has 3 heteroatoms. The molecule has 1 heterocycles. The maximum Gasteiger partial charge on any atom is 0.0505 e. The molecule has 280 valence electrons. The molecule has 0 aliphatic heterocycles. The lowest BCUT2D eigenvalue weighted by molar-refractivity contribution is 0.443. The van der Waals surface area contributed by atoms with Gasteiger partial charge >= 0.3 is 0 Å². The van der Waals surface area contributed by atoms with Crippen LogP contribution in [-0.2, 0) is 18.3 Å². The molecule has 1 spiro atoms. The fraction of sp³-hybridized carbons (Fsp3) is 0.222. The lowest BCUT2D eigenvalue weighted by Gasteiger charge is -2.37. The topological polar surface area (TPSA) is 6.48 Å². The number of rotatable bonds is 7. The van der Waals surface area contributed by atoms with Gasteiger partial charge in [-0.05, 0) is 158 Å². The van der Waals surface area contributed by atoms with E-state index in [-0.39, 0.29) is 5.41 Å². The van der Waals surface area contributed by atoms with Gasteiger partial charge in [-0.3, -0.25) is 0 Å². The van der Waals surface area contributed by atoms with Crippen molar-refractivity contribution in [2.24, 2.45) is 0 Å². The van der Waals surface area contributed by atoms with E-state index in [4.69, 9.17) is 0 Å². The Kier molecular flexibility index (Phi) is 8.54. The predicted molar refractivity (Wildman–Crippen MR) is 243 cm³/mol. The van der Waals surface area contributed by atoms with Gasteiger partial charge in [-0.15, -0.1) is 11.3 Å². The number of anilines is 6. The molecule has 3 aliphatic carbocycles. The largest absolute Gasteiger partial charge is 0.310 e. The molecule has 1 fully saturated rings. The third-order valence-corrected chi connectivity index (χ3v) is 14.7. The molecule has 2 nitrogen and oxygen atoms in total. The van der Waals surface area contributed by atoms with Crippen LogP contribution in [0.4, 0.5) is 34.1 Å². The number of hydrogen-bond donors (Lipinski definition) is 0. The van der Waals surface area contributed by atoms with Crippen molar-refractivity contribution in [3.05, 3.63) is 191 Å². The summed E-state index contributed by atoms with van der Waals surface area (Å²) in [4.78, 5) is 5.12. The van der Waals surface area contributed by atoms with Crippen LogP contribution in [0.3, 0.4) is 0 Å². The van der Waals surface area contributed by atoms with E-state index in [1.165, 1.54) is 120 Å². The van der Waals surface area contributed by atoms with Gasteiger partial charge in [-0.25, -0.2) is 0 Å². The monoisotopic (exact) mass is 756 g/mol. The van der Waals surface area contributed by atoms with Crippen molar-refractivity contribution in [2.75, 3.05) is 9.80 Å². The average Bonchev–Trinajstić information content (AvgIpc) is 3.97. The third kappa shape index (κ3) is 5.73. The smallest absolute Gasteiger partial charge is 0.0505 e. The van der Waals surface area contributed by atoms with E-state index < -0.39 is 0 Å². The van der Waals surface area contributed by atoms with Crippen molar-refractivity contribution >= 4 is 65.6 Å². The van der Waals surface area contributed by atoms with E-state index >= 15 is 0 Å². The summed E-state index contributed by atoms with van der Waals surface area (Å²) in [5.74, 6) is 0.674. The second-order valence-electron chi connectivity index (χ2n) is 16.7. The van der Waals surface area contributed by atoms with Crippen LogP contribution >= 0.6 is 11.3 Å². The third-order valence-electron chi connectivity index (χ3n) is 13.5. The van der Waals surface area contributed by atoms with Crippen LogP contribution in [0.25, 0.3) is 20.2 Å². The molecular weight excluding hydrogens is 709 g/mol. The molecule has 0 unspecified atom stereocenters. The van der Waals surface area contributed by atoms with Crippen LogP contribution in [0.15, 0.2) is 158 Å². The lowest BCUT2D eigenvalue weighted by Crippen LogP contribution is -2.27. The molecule has 3 aliphatic rings. The van der Waals surface area contributed by atoms with Gasteiger partial charge in [-0.1, -0.05) is 104 Å². The highest BCUT2D eigenvalue weighted by atomic mass is 32.1. The minimum atomic E-state index is -0.115. The van der Waals surface area contributed by atoms with Crippen LogP contribution in [0.1, 0.15) is 84.2 Å². The molecule has 0 N–H and O–H groups in total. The second-order valence-corrected chi connectivity index (χ2v) is 17.8. The molecule has 11 rings (SSSR count). The quantitative estimate of drug-likeness (QED) is 0.160. The molecule has 7 aromatic carbocycles. The number of thiophene rings is 1. The Morgan fingerprint density at radius 1 is 0.509 bits per heavy atom. The number of hydrogen-bond acceptors (Lipinski definition) is 3. The van der Waals surface area contributed by atoms with Gasteiger partial charge in [0.1, 0.15) is 0 Å². The zero-order valence-corrected chi connectivity index (χ0v) is 33.6. The molecule has 0 saturated heterocycles. The van der Waals surface area contributed by atoms with E-state index in [1.807, 2.05) is 11.3 Å². The molecule has 1 atom stereocenters. The van der Waals surface area contributed by atoms with Crippen LogP contribution in [0.2, 0.25) is 0 Å². The van der Waals surface area contributed by atoms with E-state index in [9.17, 15) is 0 Å².